The fraction of sp³-hybridized carbons (Fsp3) is 0.571. The molecule has 1 saturated carbocycles. The van der Waals surface area contributed by atoms with Crippen LogP contribution in [0.2, 0.25) is 0 Å². The van der Waals surface area contributed by atoms with Crippen LogP contribution in [-0.2, 0) is 6.42 Å². The second kappa shape index (κ2) is 3.64. The highest BCUT2D eigenvalue weighted by molar-refractivity contribution is 5.38. The average Bonchev–Trinajstić information content (AvgIpc) is 2.92. The van der Waals surface area contributed by atoms with E-state index in [0.717, 1.165) is 6.42 Å². The first kappa shape index (κ1) is 10.7. The number of aliphatic hydroxyl groups excluding tert-OH is 1. The number of benzene rings is 1. The van der Waals surface area contributed by atoms with Crippen molar-refractivity contribution in [2.24, 2.45) is 5.41 Å². The van der Waals surface area contributed by atoms with Crippen molar-refractivity contribution in [2.45, 2.75) is 40.0 Å². The van der Waals surface area contributed by atoms with Gasteiger partial charge in [-0.25, -0.2) is 0 Å². The van der Waals surface area contributed by atoms with E-state index >= 15 is 0 Å². The molecule has 0 spiro atoms. The van der Waals surface area contributed by atoms with Gasteiger partial charge >= 0.3 is 0 Å². The Morgan fingerprint density at radius 3 is 2.07 bits per heavy atom. The average molecular weight is 204 g/mol. The number of aliphatic hydroxyl groups is 1. The number of aryl methyl sites for hydroxylation is 3. The van der Waals surface area contributed by atoms with Gasteiger partial charge in [-0.15, -0.1) is 0 Å². The highest BCUT2D eigenvalue weighted by Crippen LogP contribution is 2.48. The Bertz CT molecular complexity index is 352. The fourth-order valence-corrected chi connectivity index (χ4v) is 2.43. The zero-order chi connectivity index (χ0) is 11.1. The molecule has 0 unspecified atom stereocenters. The molecule has 1 fully saturated rings. The van der Waals surface area contributed by atoms with Crippen LogP contribution >= 0.6 is 0 Å². The number of hydrogen-bond donors (Lipinski definition) is 1. The van der Waals surface area contributed by atoms with Gasteiger partial charge in [-0.2, -0.15) is 0 Å². The van der Waals surface area contributed by atoms with Crippen molar-refractivity contribution in [3.05, 3.63) is 34.4 Å². The first-order chi connectivity index (χ1) is 7.06. The summed E-state index contributed by atoms with van der Waals surface area (Å²) in [4.78, 5) is 0. The molecule has 0 heterocycles. The molecule has 0 aliphatic heterocycles. The van der Waals surface area contributed by atoms with E-state index in [-0.39, 0.29) is 5.41 Å². The summed E-state index contributed by atoms with van der Waals surface area (Å²) >= 11 is 0. The van der Waals surface area contributed by atoms with Crippen molar-refractivity contribution in [1.82, 2.24) is 0 Å². The van der Waals surface area contributed by atoms with Crippen molar-refractivity contribution in [1.29, 1.82) is 0 Å². The van der Waals surface area contributed by atoms with Crippen LogP contribution in [0.25, 0.3) is 0 Å². The molecule has 0 radical (unpaired) electrons. The minimum absolute atomic E-state index is 0.227. The van der Waals surface area contributed by atoms with Gasteiger partial charge in [0.1, 0.15) is 0 Å². The second-order valence-electron chi connectivity index (χ2n) is 5.21. The largest absolute Gasteiger partial charge is 0.396 e. The minimum atomic E-state index is 0.227. The monoisotopic (exact) mass is 204 g/mol. The summed E-state index contributed by atoms with van der Waals surface area (Å²) in [7, 11) is 0. The minimum Gasteiger partial charge on any atom is -0.396 e. The molecule has 1 nitrogen and oxygen atoms in total. The van der Waals surface area contributed by atoms with Gasteiger partial charge < -0.3 is 5.11 Å². The van der Waals surface area contributed by atoms with Crippen molar-refractivity contribution in [2.75, 3.05) is 6.61 Å². The summed E-state index contributed by atoms with van der Waals surface area (Å²) in [5.74, 6) is 0. The Balaban J connectivity index is 2.28. The molecule has 1 aliphatic rings. The summed E-state index contributed by atoms with van der Waals surface area (Å²) in [5.41, 5.74) is 5.78. The lowest BCUT2D eigenvalue weighted by molar-refractivity contribution is 0.211. The molecule has 0 amide bonds. The van der Waals surface area contributed by atoms with Crippen molar-refractivity contribution in [3.8, 4) is 0 Å². The predicted octanol–water partition coefficient (Wildman–Crippen LogP) is 2.93. The predicted molar refractivity (Wildman–Crippen MR) is 63.1 cm³/mol. The molecule has 1 aromatic carbocycles. The lowest BCUT2D eigenvalue weighted by atomic mass is 9.90. The van der Waals surface area contributed by atoms with Crippen LogP contribution in [0.15, 0.2) is 12.1 Å². The highest BCUT2D eigenvalue weighted by atomic mass is 16.3. The third-order valence-electron chi connectivity index (χ3n) is 3.68. The maximum atomic E-state index is 9.35. The van der Waals surface area contributed by atoms with E-state index in [9.17, 15) is 5.11 Å². The first-order valence-electron chi connectivity index (χ1n) is 5.74. The summed E-state index contributed by atoms with van der Waals surface area (Å²) in [5, 5.41) is 9.35. The Hall–Kier alpha value is -0.820. The van der Waals surface area contributed by atoms with Gasteiger partial charge in [0.15, 0.2) is 0 Å². The van der Waals surface area contributed by atoms with Crippen molar-refractivity contribution < 1.29 is 5.11 Å². The topological polar surface area (TPSA) is 20.2 Å². The van der Waals surface area contributed by atoms with Gasteiger partial charge in [-0.1, -0.05) is 17.7 Å². The highest BCUT2D eigenvalue weighted by Gasteiger charge is 2.42. The van der Waals surface area contributed by atoms with Crippen LogP contribution in [0.4, 0.5) is 0 Å². The van der Waals surface area contributed by atoms with Gasteiger partial charge in [-0.05, 0) is 62.1 Å². The van der Waals surface area contributed by atoms with E-state index in [2.05, 4.69) is 32.9 Å². The molecular weight excluding hydrogens is 184 g/mol. The van der Waals surface area contributed by atoms with E-state index < -0.39 is 0 Å². The molecule has 0 saturated heterocycles. The van der Waals surface area contributed by atoms with Gasteiger partial charge in [-0.3, -0.25) is 0 Å². The van der Waals surface area contributed by atoms with Gasteiger partial charge in [0.25, 0.3) is 0 Å². The van der Waals surface area contributed by atoms with E-state index in [1.165, 1.54) is 35.1 Å². The number of hydrogen-bond acceptors (Lipinski definition) is 1. The van der Waals surface area contributed by atoms with E-state index in [1.807, 2.05) is 0 Å². The molecule has 2 rings (SSSR count). The maximum absolute atomic E-state index is 9.35. The molecule has 0 bridgehead atoms. The molecule has 0 aromatic heterocycles. The fourth-order valence-electron chi connectivity index (χ4n) is 2.43. The molecule has 15 heavy (non-hydrogen) atoms. The first-order valence-corrected chi connectivity index (χ1v) is 5.74. The van der Waals surface area contributed by atoms with Crippen LogP contribution in [0.3, 0.4) is 0 Å². The quantitative estimate of drug-likeness (QED) is 0.802. The van der Waals surface area contributed by atoms with E-state index in [1.54, 1.807) is 0 Å². The third-order valence-corrected chi connectivity index (χ3v) is 3.68. The summed E-state index contributed by atoms with van der Waals surface area (Å²) in [6.45, 7) is 6.86. The zero-order valence-corrected chi connectivity index (χ0v) is 9.93. The smallest absolute Gasteiger partial charge is 0.0490 e. The Morgan fingerprint density at radius 1 is 1.13 bits per heavy atom. The summed E-state index contributed by atoms with van der Waals surface area (Å²) in [6.07, 6.45) is 3.44. The van der Waals surface area contributed by atoms with Crippen LogP contribution < -0.4 is 0 Å². The number of rotatable bonds is 3. The van der Waals surface area contributed by atoms with Crippen molar-refractivity contribution >= 4 is 0 Å². The van der Waals surface area contributed by atoms with Gasteiger partial charge in [0.2, 0.25) is 0 Å². The second-order valence-corrected chi connectivity index (χ2v) is 5.21. The van der Waals surface area contributed by atoms with Crippen molar-refractivity contribution in [3.63, 3.8) is 0 Å². The molecule has 82 valence electrons. The molecule has 0 atom stereocenters. The SMILES string of the molecule is Cc1cc(C)c(CC2(CO)CC2)c(C)c1. The third kappa shape index (κ3) is 2.07. The van der Waals surface area contributed by atoms with Crippen LogP contribution in [-0.4, -0.2) is 11.7 Å². The Morgan fingerprint density at radius 2 is 1.67 bits per heavy atom. The molecule has 1 heteroatoms. The Labute approximate surface area is 92.1 Å². The van der Waals surface area contributed by atoms with E-state index in [0.29, 0.717) is 6.61 Å². The molecule has 1 aliphatic carbocycles. The normalized spacial score (nSPS) is 17.9. The zero-order valence-electron chi connectivity index (χ0n) is 9.93. The standard InChI is InChI=1S/C14H20O/c1-10-6-11(2)13(12(3)7-10)8-14(9-15)4-5-14/h6-7,15H,4-5,8-9H2,1-3H3. The van der Waals surface area contributed by atoms with Gasteiger partial charge in [0, 0.05) is 6.61 Å². The lowest BCUT2D eigenvalue weighted by Gasteiger charge is -2.16. The molecular formula is C14H20O. The molecule has 1 N–H and O–H groups in total. The summed E-state index contributed by atoms with van der Waals surface area (Å²) < 4.78 is 0. The maximum Gasteiger partial charge on any atom is 0.0490 e. The van der Waals surface area contributed by atoms with E-state index in [4.69, 9.17) is 0 Å². The van der Waals surface area contributed by atoms with Crippen LogP contribution in [0, 0.1) is 26.2 Å². The molecule has 1 aromatic rings. The van der Waals surface area contributed by atoms with Gasteiger partial charge in [0.05, 0.1) is 0 Å². The Kier molecular flexibility index (Phi) is 2.59. The van der Waals surface area contributed by atoms with Crippen LogP contribution in [0.1, 0.15) is 35.1 Å². The lowest BCUT2D eigenvalue weighted by Crippen LogP contribution is -2.12. The summed E-state index contributed by atoms with van der Waals surface area (Å²) in [6, 6.07) is 4.49. The van der Waals surface area contributed by atoms with Crippen LogP contribution in [0.5, 0.6) is 0 Å².